The summed E-state index contributed by atoms with van der Waals surface area (Å²) >= 11 is 0. The third-order valence-corrected chi connectivity index (χ3v) is 3.99. The van der Waals surface area contributed by atoms with E-state index in [1.165, 1.54) is 9.80 Å². The molecule has 1 saturated heterocycles. The smallest absolute Gasteiger partial charge is 0.326 e. The molecule has 0 saturated carbocycles. The predicted molar refractivity (Wildman–Crippen MR) is 77.8 cm³/mol. The maximum absolute atomic E-state index is 12.2. The van der Waals surface area contributed by atoms with Gasteiger partial charge in [0.05, 0.1) is 0 Å². The number of carbonyl (C=O) groups excluding carboxylic acids is 2. The number of carboxylic acid groups (broad SMARTS) is 1. The molecule has 0 aromatic heterocycles. The van der Waals surface area contributed by atoms with Gasteiger partial charge in [-0.1, -0.05) is 13.3 Å². The number of rotatable bonds is 4. The van der Waals surface area contributed by atoms with Crippen molar-refractivity contribution in [2.45, 2.75) is 45.2 Å². The summed E-state index contributed by atoms with van der Waals surface area (Å²) in [5.41, 5.74) is 0. The molecule has 1 rings (SSSR count). The summed E-state index contributed by atoms with van der Waals surface area (Å²) in [6, 6.07) is -1.98. The van der Waals surface area contributed by atoms with E-state index in [1.807, 2.05) is 6.92 Å². The molecule has 0 aliphatic carbocycles. The molecule has 7 nitrogen and oxygen atoms in total. The number of nitrogens with one attached hydrogen (secondary N) is 1. The van der Waals surface area contributed by atoms with Gasteiger partial charge in [0.1, 0.15) is 12.1 Å². The molecular formula is C14H25N3O4. The monoisotopic (exact) mass is 299 g/mol. The second-order valence-electron chi connectivity index (χ2n) is 5.75. The minimum Gasteiger partial charge on any atom is -0.480 e. The fourth-order valence-corrected chi connectivity index (χ4v) is 2.60. The number of likely N-dealkylation sites (tertiary alicyclic amines) is 1. The van der Waals surface area contributed by atoms with E-state index in [2.05, 4.69) is 5.32 Å². The summed E-state index contributed by atoms with van der Waals surface area (Å²) in [5.74, 6) is -0.885. The number of amides is 3. The predicted octanol–water partition coefficient (Wildman–Crippen LogP) is 0.748. The number of hydrogen-bond acceptors (Lipinski definition) is 3. The van der Waals surface area contributed by atoms with Gasteiger partial charge in [-0.3, -0.25) is 4.79 Å². The van der Waals surface area contributed by atoms with Crippen LogP contribution in [0.25, 0.3) is 0 Å². The van der Waals surface area contributed by atoms with E-state index in [-0.39, 0.29) is 5.91 Å². The first-order chi connectivity index (χ1) is 9.77. The van der Waals surface area contributed by atoms with Crippen LogP contribution in [-0.4, -0.2) is 65.5 Å². The van der Waals surface area contributed by atoms with Gasteiger partial charge in [0.15, 0.2) is 0 Å². The number of aliphatic carboxylic acids is 1. The molecular weight excluding hydrogens is 274 g/mol. The Labute approximate surface area is 125 Å². The molecule has 2 N–H and O–H groups in total. The van der Waals surface area contributed by atoms with Crippen LogP contribution in [0.15, 0.2) is 0 Å². The lowest BCUT2D eigenvalue weighted by molar-refractivity contribution is -0.144. The Morgan fingerprint density at radius 3 is 2.48 bits per heavy atom. The third kappa shape index (κ3) is 4.34. The topological polar surface area (TPSA) is 90.0 Å². The van der Waals surface area contributed by atoms with Crippen molar-refractivity contribution < 1.29 is 19.5 Å². The zero-order valence-corrected chi connectivity index (χ0v) is 13.1. The number of nitrogens with zero attached hydrogens (tertiary/aromatic N) is 2. The lowest BCUT2D eigenvalue weighted by atomic mass is 9.89. The fourth-order valence-electron chi connectivity index (χ4n) is 2.60. The van der Waals surface area contributed by atoms with Crippen molar-refractivity contribution in [2.75, 3.05) is 20.6 Å². The van der Waals surface area contributed by atoms with Crippen LogP contribution in [0.4, 0.5) is 4.79 Å². The van der Waals surface area contributed by atoms with Crippen molar-refractivity contribution >= 4 is 17.9 Å². The van der Waals surface area contributed by atoms with Crippen LogP contribution in [-0.2, 0) is 9.59 Å². The van der Waals surface area contributed by atoms with Crippen LogP contribution >= 0.6 is 0 Å². The maximum atomic E-state index is 12.2. The van der Waals surface area contributed by atoms with Gasteiger partial charge in [-0.05, 0) is 25.7 Å². The Kier molecular flexibility index (Phi) is 5.99. The Balaban J connectivity index is 2.71. The Morgan fingerprint density at radius 2 is 2.00 bits per heavy atom. The number of likely N-dealkylation sites (N-methyl/N-ethyl adjacent to an activating group) is 1. The summed E-state index contributed by atoms with van der Waals surface area (Å²) in [6.45, 7) is 4.02. The highest BCUT2D eigenvalue weighted by Gasteiger charge is 2.36. The molecule has 3 atom stereocenters. The summed E-state index contributed by atoms with van der Waals surface area (Å²) in [5, 5.41) is 11.9. The van der Waals surface area contributed by atoms with E-state index >= 15 is 0 Å². The molecule has 0 aromatic carbocycles. The first-order valence-corrected chi connectivity index (χ1v) is 7.29. The van der Waals surface area contributed by atoms with Crippen LogP contribution in [0.2, 0.25) is 0 Å². The van der Waals surface area contributed by atoms with Crippen molar-refractivity contribution in [3.05, 3.63) is 0 Å². The fraction of sp³-hybridized carbons (Fsp3) is 0.786. The van der Waals surface area contributed by atoms with Crippen molar-refractivity contribution in [2.24, 2.45) is 5.92 Å². The van der Waals surface area contributed by atoms with E-state index in [0.29, 0.717) is 18.9 Å². The molecule has 1 aliphatic heterocycles. The molecule has 21 heavy (non-hydrogen) atoms. The average molecular weight is 299 g/mol. The van der Waals surface area contributed by atoms with E-state index in [4.69, 9.17) is 0 Å². The van der Waals surface area contributed by atoms with Crippen LogP contribution in [0.3, 0.4) is 0 Å². The van der Waals surface area contributed by atoms with Gasteiger partial charge in [-0.15, -0.1) is 0 Å². The number of carbonyl (C=O) groups is 3. The van der Waals surface area contributed by atoms with E-state index in [1.54, 1.807) is 21.0 Å². The van der Waals surface area contributed by atoms with Crippen LogP contribution in [0.1, 0.15) is 33.1 Å². The highest BCUT2D eigenvalue weighted by Crippen LogP contribution is 2.25. The summed E-state index contributed by atoms with van der Waals surface area (Å²) in [4.78, 5) is 38.1. The summed E-state index contributed by atoms with van der Waals surface area (Å²) < 4.78 is 0. The quantitative estimate of drug-likeness (QED) is 0.801. The Hall–Kier alpha value is -1.79. The molecule has 120 valence electrons. The molecule has 3 amide bonds. The highest BCUT2D eigenvalue weighted by atomic mass is 16.4. The number of carboxylic acids is 1. The highest BCUT2D eigenvalue weighted by molar-refractivity contribution is 5.88. The minimum atomic E-state index is -0.991. The molecule has 1 aliphatic rings. The van der Waals surface area contributed by atoms with Gasteiger partial charge in [-0.2, -0.15) is 0 Å². The molecule has 0 bridgehead atoms. The second-order valence-corrected chi connectivity index (χ2v) is 5.75. The first-order valence-electron chi connectivity index (χ1n) is 7.29. The van der Waals surface area contributed by atoms with Crippen molar-refractivity contribution in [1.29, 1.82) is 0 Å². The van der Waals surface area contributed by atoms with E-state index < -0.39 is 24.1 Å². The molecule has 1 heterocycles. The largest absolute Gasteiger partial charge is 0.480 e. The molecule has 7 heteroatoms. The SMILES string of the molecule is CCC1CCN(C(=O)NC(C)C(=O)N(C)C)C(C(=O)O)C1. The zero-order chi connectivity index (χ0) is 16.2. The van der Waals surface area contributed by atoms with Crippen molar-refractivity contribution in [1.82, 2.24) is 15.1 Å². The van der Waals surface area contributed by atoms with Crippen LogP contribution < -0.4 is 5.32 Å². The molecule has 0 aromatic rings. The molecule has 0 radical (unpaired) electrons. The lowest BCUT2D eigenvalue weighted by Gasteiger charge is -2.37. The second kappa shape index (κ2) is 7.28. The molecule has 3 unspecified atom stereocenters. The maximum Gasteiger partial charge on any atom is 0.326 e. The van der Waals surface area contributed by atoms with Crippen molar-refractivity contribution in [3.8, 4) is 0 Å². The molecule has 1 fully saturated rings. The first kappa shape index (κ1) is 17.3. The molecule has 0 spiro atoms. The normalized spacial score (nSPS) is 23.3. The number of urea groups is 1. The standard InChI is InChI=1S/C14H25N3O4/c1-5-10-6-7-17(11(8-10)13(19)20)14(21)15-9(2)12(18)16(3)4/h9-11H,5-8H2,1-4H3,(H,15,21)(H,19,20). The Morgan fingerprint density at radius 1 is 1.38 bits per heavy atom. The number of piperidine rings is 1. The van der Waals surface area contributed by atoms with E-state index in [0.717, 1.165) is 12.8 Å². The lowest BCUT2D eigenvalue weighted by Crippen LogP contribution is -2.56. The summed E-state index contributed by atoms with van der Waals surface area (Å²) in [6.07, 6.45) is 2.17. The minimum absolute atomic E-state index is 0.223. The van der Waals surface area contributed by atoms with Crippen molar-refractivity contribution in [3.63, 3.8) is 0 Å². The van der Waals surface area contributed by atoms with Crippen LogP contribution in [0, 0.1) is 5.92 Å². The van der Waals surface area contributed by atoms with Gasteiger partial charge in [0.2, 0.25) is 5.91 Å². The number of hydrogen-bond donors (Lipinski definition) is 2. The summed E-state index contributed by atoms with van der Waals surface area (Å²) in [7, 11) is 3.22. The van der Waals surface area contributed by atoms with Gasteiger partial charge in [0.25, 0.3) is 0 Å². The third-order valence-electron chi connectivity index (χ3n) is 3.99. The van der Waals surface area contributed by atoms with Gasteiger partial charge in [-0.25, -0.2) is 9.59 Å². The van der Waals surface area contributed by atoms with E-state index in [9.17, 15) is 19.5 Å². The van der Waals surface area contributed by atoms with Gasteiger partial charge in [0, 0.05) is 20.6 Å². The zero-order valence-electron chi connectivity index (χ0n) is 13.1. The Bertz CT molecular complexity index is 411. The van der Waals surface area contributed by atoms with Gasteiger partial charge < -0.3 is 20.2 Å². The average Bonchev–Trinajstić information content (AvgIpc) is 2.45. The van der Waals surface area contributed by atoms with Gasteiger partial charge >= 0.3 is 12.0 Å². The van der Waals surface area contributed by atoms with Crippen LogP contribution in [0.5, 0.6) is 0 Å².